The van der Waals surface area contributed by atoms with Crippen LogP contribution in [0.5, 0.6) is 5.75 Å². The molecular weight excluding hydrogens is 284 g/mol. The summed E-state index contributed by atoms with van der Waals surface area (Å²) >= 11 is 6.26. The number of nitrogens with zero attached hydrogens (tertiary/aromatic N) is 1. The fraction of sp³-hybridized carbons (Fsp3) is 0.353. The summed E-state index contributed by atoms with van der Waals surface area (Å²) in [4.78, 5) is 4.23. The molecule has 1 aromatic heterocycles. The highest BCUT2D eigenvalue weighted by molar-refractivity contribution is 6.31. The van der Waals surface area contributed by atoms with E-state index in [1.165, 1.54) is 0 Å². The van der Waals surface area contributed by atoms with Gasteiger partial charge in [-0.05, 0) is 49.2 Å². The molecule has 0 aliphatic carbocycles. The second-order valence-corrected chi connectivity index (χ2v) is 5.23. The van der Waals surface area contributed by atoms with Crippen LogP contribution in [0.2, 0.25) is 5.02 Å². The predicted molar refractivity (Wildman–Crippen MR) is 87.8 cm³/mol. The molecule has 0 atom stereocenters. The van der Waals surface area contributed by atoms with E-state index >= 15 is 0 Å². The second kappa shape index (κ2) is 8.01. The Morgan fingerprint density at radius 2 is 2.00 bits per heavy atom. The Hall–Kier alpha value is -1.58. The van der Waals surface area contributed by atoms with Crippen LogP contribution in [-0.2, 0) is 6.54 Å². The summed E-state index contributed by atoms with van der Waals surface area (Å²) in [6.45, 7) is 6.52. The number of aromatic nitrogens is 1. The lowest BCUT2D eigenvalue weighted by Crippen LogP contribution is -2.14. The van der Waals surface area contributed by atoms with E-state index < -0.39 is 0 Å². The largest absolute Gasteiger partial charge is 0.492 e. The number of ether oxygens (including phenoxy) is 1. The van der Waals surface area contributed by atoms with E-state index in [1.54, 1.807) is 6.20 Å². The number of rotatable bonds is 7. The van der Waals surface area contributed by atoms with Gasteiger partial charge in [-0.1, -0.05) is 24.6 Å². The van der Waals surface area contributed by atoms with Gasteiger partial charge in [0.15, 0.2) is 0 Å². The van der Waals surface area contributed by atoms with Gasteiger partial charge in [-0.15, -0.1) is 0 Å². The molecule has 1 aromatic carbocycles. The number of hydrogen-bond donors (Lipinski definition) is 1. The highest BCUT2D eigenvalue weighted by Crippen LogP contribution is 2.27. The SMILES string of the molecule is CCCNCc1cc(-c2cncc(OCC)c2)ccc1Cl. The number of benzene rings is 1. The second-order valence-electron chi connectivity index (χ2n) is 4.83. The maximum atomic E-state index is 6.26. The number of pyridine rings is 1. The first-order valence-electron chi connectivity index (χ1n) is 7.32. The lowest BCUT2D eigenvalue weighted by atomic mass is 10.0. The molecule has 0 fully saturated rings. The fourth-order valence-corrected chi connectivity index (χ4v) is 2.30. The van der Waals surface area contributed by atoms with Crippen LogP contribution in [0.4, 0.5) is 0 Å². The summed E-state index contributed by atoms with van der Waals surface area (Å²) in [6.07, 6.45) is 4.68. The number of hydrogen-bond acceptors (Lipinski definition) is 3. The van der Waals surface area contributed by atoms with Crippen molar-refractivity contribution in [2.24, 2.45) is 0 Å². The predicted octanol–water partition coefficient (Wildman–Crippen LogP) is 4.30. The van der Waals surface area contributed by atoms with Gasteiger partial charge in [-0.25, -0.2) is 0 Å². The summed E-state index contributed by atoms with van der Waals surface area (Å²) in [5.74, 6) is 0.788. The molecule has 2 rings (SSSR count). The summed E-state index contributed by atoms with van der Waals surface area (Å²) in [5.41, 5.74) is 3.24. The van der Waals surface area contributed by atoms with E-state index in [9.17, 15) is 0 Å². The molecule has 1 N–H and O–H groups in total. The summed E-state index contributed by atoms with van der Waals surface area (Å²) in [6, 6.07) is 8.06. The molecule has 21 heavy (non-hydrogen) atoms. The van der Waals surface area contributed by atoms with Gasteiger partial charge in [0.2, 0.25) is 0 Å². The van der Waals surface area contributed by atoms with E-state index in [2.05, 4.69) is 23.3 Å². The zero-order chi connectivity index (χ0) is 15.1. The molecule has 0 aliphatic heterocycles. The smallest absolute Gasteiger partial charge is 0.138 e. The first-order valence-corrected chi connectivity index (χ1v) is 7.69. The lowest BCUT2D eigenvalue weighted by Gasteiger charge is -2.10. The minimum atomic E-state index is 0.637. The molecule has 2 aromatic rings. The molecule has 0 radical (unpaired) electrons. The van der Waals surface area contributed by atoms with Gasteiger partial charge in [-0.2, -0.15) is 0 Å². The van der Waals surface area contributed by atoms with Crippen LogP contribution in [0.15, 0.2) is 36.7 Å². The van der Waals surface area contributed by atoms with Gasteiger partial charge < -0.3 is 10.1 Å². The first kappa shape index (κ1) is 15.8. The third-order valence-electron chi connectivity index (χ3n) is 3.15. The van der Waals surface area contributed by atoms with Crippen molar-refractivity contribution in [1.29, 1.82) is 0 Å². The molecule has 0 saturated heterocycles. The Labute approximate surface area is 131 Å². The van der Waals surface area contributed by atoms with Crippen LogP contribution in [0, 0.1) is 0 Å². The third kappa shape index (κ3) is 4.45. The van der Waals surface area contributed by atoms with Gasteiger partial charge in [-0.3, -0.25) is 4.98 Å². The van der Waals surface area contributed by atoms with E-state index in [1.807, 2.05) is 31.3 Å². The van der Waals surface area contributed by atoms with Crippen molar-refractivity contribution in [3.05, 3.63) is 47.2 Å². The van der Waals surface area contributed by atoms with Crippen LogP contribution in [-0.4, -0.2) is 18.1 Å². The van der Waals surface area contributed by atoms with E-state index in [0.29, 0.717) is 6.61 Å². The van der Waals surface area contributed by atoms with E-state index in [0.717, 1.165) is 47.0 Å². The average Bonchev–Trinajstić information content (AvgIpc) is 2.50. The maximum absolute atomic E-state index is 6.26. The molecule has 0 saturated carbocycles. The van der Waals surface area contributed by atoms with Crippen molar-refractivity contribution in [1.82, 2.24) is 10.3 Å². The lowest BCUT2D eigenvalue weighted by molar-refractivity contribution is 0.339. The molecule has 112 valence electrons. The highest BCUT2D eigenvalue weighted by atomic mass is 35.5. The summed E-state index contributed by atoms with van der Waals surface area (Å²) in [5, 5.41) is 4.17. The minimum Gasteiger partial charge on any atom is -0.492 e. The van der Waals surface area contributed by atoms with Crippen LogP contribution >= 0.6 is 11.6 Å². The van der Waals surface area contributed by atoms with Crippen molar-refractivity contribution < 1.29 is 4.74 Å². The minimum absolute atomic E-state index is 0.637. The molecule has 0 aliphatic rings. The van der Waals surface area contributed by atoms with Crippen molar-refractivity contribution in [3.63, 3.8) is 0 Å². The Morgan fingerprint density at radius 3 is 2.76 bits per heavy atom. The van der Waals surface area contributed by atoms with Crippen LogP contribution in [0.3, 0.4) is 0 Å². The van der Waals surface area contributed by atoms with Crippen LogP contribution in [0.1, 0.15) is 25.8 Å². The fourth-order valence-electron chi connectivity index (χ4n) is 2.11. The zero-order valence-electron chi connectivity index (χ0n) is 12.5. The molecule has 0 spiro atoms. The van der Waals surface area contributed by atoms with Crippen molar-refractivity contribution in [2.45, 2.75) is 26.8 Å². The molecule has 1 heterocycles. The molecule has 4 heteroatoms. The molecule has 0 bridgehead atoms. The van der Waals surface area contributed by atoms with Gasteiger partial charge in [0, 0.05) is 23.3 Å². The molecule has 3 nitrogen and oxygen atoms in total. The molecule has 0 unspecified atom stereocenters. The third-order valence-corrected chi connectivity index (χ3v) is 3.51. The quantitative estimate of drug-likeness (QED) is 0.774. The van der Waals surface area contributed by atoms with Gasteiger partial charge in [0.25, 0.3) is 0 Å². The molecule has 0 amide bonds. The number of halogens is 1. The first-order chi connectivity index (χ1) is 10.2. The monoisotopic (exact) mass is 304 g/mol. The van der Waals surface area contributed by atoms with Crippen molar-refractivity contribution in [3.8, 4) is 16.9 Å². The Kier molecular flexibility index (Phi) is 6.03. The Bertz CT molecular complexity index is 587. The zero-order valence-corrected chi connectivity index (χ0v) is 13.3. The van der Waals surface area contributed by atoms with Gasteiger partial charge >= 0.3 is 0 Å². The standard InChI is InChI=1S/C17H21ClN2O/c1-3-7-19-11-15-8-13(5-6-17(15)18)14-9-16(21-4-2)12-20-10-14/h5-6,8-10,12,19H,3-4,7,11H2,1-2H3. The van der Waals surface area contributed by atoms with Gasteiger partial charge in [0.05, 0.1) is 12.8 Å². The van der Waals surface area contributed by atoms with Crippen LogP contribution in [0.25, 0.3) is 11.1 Å². The average molecular weight is 305 g/mol. The topological polar surface area (TPSA) is 34.2 Å². The maximum Gasteiger partial charge on any atom is 0.138 e. The normalized spacial score (nSPS) is 10.6. The van der Waals surface area contributed by atoms with E-state index in [4.69, 9.17) is 16.3 Å². The highest BCUT2D eigenvalue weighted by Gasteiger charge is 2.05. The summed E-state index contributed by atoms with van der Waals surface area (Å²) in [7, 11) is 0. The van der Waals surface area contributed by atoms with Gasteiger partial charge in [0.1, 0.15) is 5.75 Å². The van der Waals surface area contributed by atoms with Crippen molar-refractivity contribution >= 4 is 11.6 Å². The van der Waals surface area contributed by atoms with Crippen LogP contribution < -0.4 is 10.1 Å². The number of nitrogens with one attached hydrogen (secondary N) is 1. The Balaban J connectivity index is 2.23. The summed E-state index contributed by atoms with van der Waals surface area (Å²) < 4.78 is 5.50. The molecular formula is C17H21ClN2O. The van der Waals surface area contributed by atoms with Crippen molar-refractivity contribution in [2.75, 3.05) is 13.2 Å². The van der Waals surface area contributed by atoms with E-state index in [-0.39, 0.29) is 0 Å². The Morgan fingerprint density at radius 1 is 1.14 bits per heavy atom.